The lowest BCUT2D eigenvalue weighted by atomic mass is 9.92. The van der Waals surface area contributed by atoms with Gasteiger partial charge in [-0.05, 0) is 40.9 Å². The van der Waals surface area contributed by atoms with Gasteiger partial charge in [-0.25, -0.2) is 0 Å². The van der Waals surface area contributed by atoms with E-state index in [4.69, 9.17) is 11.6 Å². The molecule has 2 rings (SSSR count). The Labute approximate surface area is 134 Å². The summed E-state index contributed by atoms with van der Waals surface area (Å²) in [6.07, 6.45) is 9.76. The van der Waals surface area contributed by atoms with Crippen molar-refractivity contribution in [2.24, 2.45) is 5.92 Å². The predicted octanol–water partition coefficient (Wildman–Crippen LogP) is 6.18. The molecule has 4 heteroatoms. The Morgan fingerprint density at radius 2 is 2.05 bits per heavy atom. The highest BCUT2D eigenvalue weighted by Gasteiger charge is 2.21. The number of thiophene rings is 1. The molecule has 19 heavy (non-hydrogen) atoms. The van der Waals surface area contributed by atoms with Crippen LogP contribution in [0.15, 0.2) is 9.85 Å². The van der Waals surface area contributed by atoms with E-state index in [1.165, 1.54) is 49.8 Å². The zero-order valence-corrected chi connectivity index (χ0v) is 14.7. The molecule has 0 bridgehead atoms. The Morgan fingerprint density at radius 3 is 2.58 bits per heavy atom. The summed E-state index contributed by atoms with van der Waals surface area (Å²) in [6.45, 7) is 3.20. The smallest absolute Gasteiger partial charge is 0.0887 e. The highest BCUT2D eigenvalue weighted by Crippen LogP contribution is 2.38. The molecule has 1 saturated carbocycles. The highest BCUT2D eigenvalue weighted by molar-refractivity contribution is 9.11. The van der Waals surface area contributed by atoms with Crippen LogP contribution in [0.1, 0.15) is 62.8 Å². The lowest BCUT2D eigenvalue weighted by Gasteiger charge is -2.22. The first-order valence-electron chi connectivity index (χ1n) is 7.38. The van der Waals surface area contributed by atoms with Gasteiger partial charge in [-0.3, -0.25) is 0 Å². The van der Waals surface area contributed by atoms with E-state index in [1.54, 1.807) is 11.3 Å². The molecule has 0 aliphatic heterocycles. The standard InChI is InChI=1S/C15H23BrClNS/c1-2-18-13(14-10-12(17)15(16)19-14)9-11-7-5-3-4-6-8-11/h10-11,13,18H,2-9H2,1H3. The summed E-state index contributed by atoms with van der Waals surface area (Å²) in [5, 5.41) is 4.49. The van der Waals surface area contributed by atoms with E-state index in [-0.39, 0.29) is 0 Å². The van der Waals surface area contributed by atoms with Crippen LogP contribution in [0.4, 0.5) is 0 Å². The fourth-order valence-electron chi connectivity index (χ4n) is 3.01. The molecule has 0 spiro atoms. The molecule has 1 N–H and O–H groups in total. The van der Waals surface area contributed by atoms with Gasteiger partial charge in [-0.15, -0.1) is 11.3 Å². The monoisotopic (exact) mass is 363 g/mol. The van der Waals surface area contributed by atoms with Gasteiger partial charge in [-0.2, -0.15) is 0 Å². The van der Waals surface area contributed by atoms with Crippen LogP contribution in [0.2, 0.25) is 5.02 Å². The van der Waals surface area contributed by atoms with Gasteiger partial charge >= 0.3 is 0 Å². The SMILES string of the molecule is CCNC(CC1CCCCCC1)c1cc(Cl)c(Br)s1. The van der Waals surface area contributed by atoms with Crippen molar-refractivity contribution in [2.45, 2.75) is 57.9 Å². The van der Waals surface area contributed by atoms with Gasteiger partial charge in [0.1, 0.15) is 0 Å². The Morgan fingerprint density at radius 1 is 1.37 bits per heavy atom. The first-order chi connectivity index (χ1) is 9.20. The maximum atomic E-state index is 6.18. The molecule has 1 aromatic rings. The molecule has 1 heterocycles. The summed E-state index contributed by atoms with van der Waals surface area (Å²) >= 11 is 11.5. The topological polar surface area (TPSA) is 12.0 Å². The summed E-state index contributed by atoms with van der Waals surface area (Å²) in [5.41, 5.74) is 0. The molecule has 1 aromatic heterocycles. The minimum atomic E-state index is 0.474. The van der Waals surface area contributed by atoms with Gasteiger partial charge in [-0.1, -0.05) is 57.0 Å². The summed E-state index contributed by atoms with van der Waals surface area (Å²) in [4.78, 5) is 1.38. The first-order valence-corrected chi connectivity index (χ1v) is 9.37. The second-order valence-electron chi connectivity index (χ2n) is 5.47. The molecule has 108 valence electrons. The van der Waals surface area contributed by atoms with Gasteiger partial charge in [0, 0.05) is 10.9 Å². The minimum Gasteiger partial charge on any atom is -0.310 e. The summed E-state index contributed by atoms with van der Waals surface area (Å²) in [7, 11) is 0. The maximum Gasteiger partial charge on any atom is 0.0887 e. The fourth-order valence-corrected chi connectivity index (χ4v) is 4.85. The van der Waals surface area contributed by atoms with Crippen LogP contribution < -0.4 is 5.32 Å². The normalized spacial score (nSPS) is 19.3. The highest BCUT2D eigenvalue weighted by atomic mass is 79.9. The van der Waals surface area contributed by atoms with Crippen LogP contribution >= 0.6 is 38.9 Å². The maximum absolute atomic E-state index is 6.18. The van der Waals surface area contributed by atoms with Crippen molar-refractivity contribution in [3.05, 3.63) is 19.8 Å². The van der Waals surface area contributed by atoms with E-state index in [2.05, 4.69) is 34.2 Å². The second-order valence-corrected chi connectivity index (χ2v) is 8.28. The fraction of sp³-hybridized carbons (Fsp3) is 0.733. The number of hydrogen-bond donors (Lipinski definition) is 1. The Hall–Kier alpha value is 0.430. The first kappa shape index (κ1) is 15.8. The molecule has 0 saturated heterocycles. The van der Waals surface area contributed by atoms with Gasteiger partial charge in [0.2, 0.25) is 0 Å². The van der Waals surface area contributed by atoms with E-state index >= 15 is 0 Å². The van der Waals surface area contributed by atoms with Crippen molar-refractivity contribution in [3.63, 3.8) is 0 Å². The van der Waals surface area contributed by atoms with Crippen molar-refractivity contribution < 1.29 is 0 Å². The van der Waals surface area contributed by atoms with Crippen molar-refractivity contribution in [2.75, 3.05) is 6.54 Å². The third kappa shape index (κ3) is 4.73. The van der Waals surface area contributed by atoms with Gasteiger partial charge in [0.15, 0.2) is 0 Å². The van der Waals surface area contributed by atoms with Crippen molar-refractivity contribution in [1.82, 2.24) is 5.32 Å². The third-order valence-electron chi connectivity index (χ3n) is 4.00. The predicted molar refractivity (Wildman–Crippen MR) is 89.3 cm³/mol. The van der Waals surface area contributed by atoms with E-state index < -0.39 is 0 Å². The number of nitrogens with one attached hydrogen (secondary N) is 1. The van der Waals surface area contributed by atoms with E-state index in [1.807, 2.05) is 0 Å². The van der Waals surface area contributed by atoms with Crippen molar-refractivity contribution in [1.29, 1.82) is 0 Å². The van der Waals surface area contributed by atoms with Crippen LogP contribution in [0.3, 0.4) is 0 Å². The largest absolute Gasteiger partial charge is 0.310 e. The molecule has 0 amide bonds. The Kier molecular flexibility index (Phi) is 6.67. The Balaban J connectivity index is 2.02. The van der Waals surface area contributed by atoms with Crippen LogP contribution in [0.5, 0.6) is 0 Å². The lowest BCUT2D eigenvalue weighted by Crippen LogP contribution is -2.22. The zero-order valence-electron chi connectivity index (χ0n) is 11.6. The van der Waals surface area contributed by atoms with Crippen LogP contribution in [-0.4, -0.2) is 6.54 Å². The molecular formula is C15H23BrClNS. The molecule has 1 fully saturated rings. The minimum absolute atomic E-state index is 0.474. The lowest BCUT2D eigenvalue weighted by molar-refractivity contribution is 0.362. The van der Waals surface area contributed by atoms with E-state index in [0.29, 0.717) is 6.04 Å². The number of hydrogen-bond acceptors (Lipinski definition) is 2. The van der Waals surface area contributed by atoms with Crippen LogP contribution in [-0.2, 0) is 0 Å². The Bertz CT molecular complexity index is 366. The van der Waals surface area contributed by atoms with E-state index in [0.717, 1.165) is 21.3 Å². The number of halogens is 2. The van der Waals surface area contributed by atoms with Gasteiger partial charge in [0.25, 0.3) is 0 Å². The third-order valence-corrected chi connectivity index (χ3v) is 6.59. The quantitative estimate of drug-likeness (QED) is 0.615. The molecule has 1 aliphatic rings. The van der Waals surface area contributed by atoms with Gasteiger partial charge < -0.3 is 5.32 Å². The average Bonchev–Trinajstić information content (AvgIpc) is 2.60. The van der Waals surface area contributed by atoms with Crippen molar-refractivity contribution in [3.8, 4) is 0 Å². The summed E-state index contributed by atoms with van der Waals surface area (Å²) < 4.78 is 1.06. The molecule has 0 radical (unpaired) electrons. The van der Waals surface area contributed by atoms with Crippen LogP contribution in [0.25, 0.3) is 0 Å². The molecule has 1 unspecified atom stereocenters. The summed E-state index contributed by atoms with van der Waals surface area (Å²) in [6, 6.07) is 2.60. The van der Waals surface area contributed by atoms with Gasteiger partial charge in [0.05, 0.1) is 8.81 Å². The van der Waals surface area contributed by atoms with Crippen LogP contribution in [0, 0.1) is 5.92 Å². The molecular weight excluding hydrogens is 342 g/mol. The van der Waals surface area contributed by atoms with E-state index in [9.17, 15) is 0 Å². The average molecular weight is 365 g/mol. The van der Waals surface area contributed by atoms with Crippen molar-refractivity contribution >= 4 is 38.9 Å². The number of rotatable bonds is 5. The molecule has 1 nitrogen and oxygen atoms in total. The zero-order chi connectivity index (χ0) is 13.7. The molecule has 0 aromatic carbocycles. The summed E-state index contributed by atoms with van der Waals surface area (Å²) in [5.74, 6) is 0.881. The molecule has 1 aliphatic carbocycles. The molecule has 1 atom stereocenters. The second kappa shape index (κ2) is 8.02.